The fourth-order valence-electron chi connectivity index (χ4n) is 5.65. The molecule has 0 atom stereocenters. The quantitative estimate of drug-likeness (QED) is 0.141. The molecule has 0 unspecified atom stereocenters. The average Bonchev–Trinajstić information content (AvgIpc) is 3.46. The molecule has 0 N–H and O–H groups in total. The molecule has 0 spiro atoms. The Labute approximate surface area is 393 Å². The third-order valence-corrected chi connectivity index (χ3v) is 8.81. The lowest BCUT2D eigenvalue weighted by molar-refractivity contribution is 1.03. The lowest BCUT2D eigenvalue weighted by Crippen LogP contribution is -1.78. The van der Waals surface area contributed by atoms with Crippen molar-refractivity contribution in [2.75, 3.05) is 0 Å². The summed E-state index contributed by atoms with van der Waals surface area (Å²) < 4.78 is 0. The Balaban J connectivity index is 0.000000129. The van der Waals surface area contributed by atoms with E-state index in [0.29, 0.717) is 0 Å². The Morgan fingerprint density at radius 1 is 0.191 bits per heavy atom. The third-order valence-electron chi connectivity index (χ3n) is 8.81. The maximum Gasteiger partial charge on any atom is 0.116 e. The molecule has 0 aliphatic carbocycles. The summed E-state index contributed by atoms with van der Waals surface area (Å²) in [6, 6.07) is 57.4. The Morgan fingerprint density at radius 3 is 0.971 bits per heavy atom. The summed E-state index contributed by atoms with van der Waals surface area (Å²) >= 11 is 0. The van der Waals surface area contributed by atoms with Crippen molar-refractivity contribution in [2.45, 2.75) is 0 Å². The molecule has 0 saturated heterocycles. The minimum absolute atomic E-state index is 0.949. The standard InChI is InChI=1S/3C9H7N.2C8H6N2.3C4H4N2/c2*1-2-6-9-8(4-1)5-3-7-10-9;1-2-4-9-7-10-6-5-8(9)3-1;1-2-4-8-7(3-1)5-9-6-10-8;1-2-4-8-7(3-1)9-5-6-10-8;1-2-6-4-3-5-1;2*1-2-4-6-5-3-1/h3*1-7H;2*1-6H;3*1-4H. The first-order valence-corrected chi connectivity index (χ1v) is 21.2. The van der Waals surface area contributed by atoms with E-state index in [0.717, 1.165) is 33.0 Å². The zero-order valence-electron chi connectivity index (χ0n) is 36.8. The van der Waals surface area contributed by atoms with Gasteiger partial charge in [0.2, 0.25) is 0 Å². The largest absolute Gasteiger partial charge is 0.264 e. The minimum Gasteiger partial charge on any atom is -0.264 e. The second kappa shape index (κ2) is 29.6. The molecule has 68 heavy (non-hydrogen) atoms. The van der Waals surface area contributed by atoms with Gasteiger partial charge in [-0.1, -0.05) is 103 Å². The van der Waals surface area contributed by atoms with Crippen LogP contribution in [0.4, 0.5) is 0 Å². The second-order valence-corrected chi connectivity index (χ2v) is 13.5. The van der Waals surface area contributed by atoms with Crippen molar-refractivity contribution < 1.29 is 0 Å². The molecule has 8 heterocycles. The number of hydrogen-bond acceptors (Lipinski definition) is 13. The number of aromatic nitrogens is 13. The second-order valence-electron chi connectivity index (χ2n) is 13.5. The molecule has 13 heteroatoms. The summed E-state index contributed by atoms with van der Waals surface area (Å²) in [7, 11) is 0. The number of benzene rings is 5. The molecule has 13 rings (SSSR count). The highest BCUT2D eigenvalue weighted by Crippen LogP contribution is 2.11. The molecule has 0 radical (unpaired) electrons. The first-order valence-electron chi connectivity index (χ1n) is 21.2. The van der Waals surface area contributed by atoms with E-state index >= 15 is 0 Å². The number of hydrogen-bond donors (Lipinski definition) is 0. The van der Waals surface area contributed by atoms with Gasteiger partial charge in [0.1, 0.15) is 6.33 Å². The maximum atomic E-state index is 4.18. The van der Waals surface area contributed by atoms with Crippen LogP contribution >= 0.6 is 0 Å². The molecule has 8 aromatic heterocycles. The first kappa shape index (κ1) is 47.7. The maximum absolute atomic E-state index is 4.18. The van der Waals surface area contributed by atoms with E-state index in [1.54, 1.807) is 68.3 Å². The molecule has 13 nitrogen and oxygen atoms in total. The predicted octanol–water partition coefficient (Wildman–Crippen LogP) is 11.4. The molecule has 5 aromatic carbocycles. The normalized spacial score (nSPS) is 9.47. The van der Waals surface area contributed by atoms with Gasteiger partial charge in [-0.25, -0.2) is 9.97 Å². The van der Waals surface area contributed by atoms with Crippen LogP contribution in [0.3, 0.4) is 0 Å². The van der Waals surface area contributed by atoms with E-state index in [4.69, 9.17) is 0 Å². The molecule has 330 valence electrons. The monoisotopic (exact) mass is 887 g/mol. The molecule has 0 bridgehead atoms. The van der Waals surface area contributed by atoms with Crippen molar-refractivity contribution in [1.29, 1.82) is 0 Å². The summed E-state index contributed by atoms with van der Waals surface area (Å²) in [4.78, 5) is 36.0. The van der Waals surface area contributed by atoms with E-state index in [2.05, 4.69) is 102 Å². The molecule has 0 saturated carbocycles. The molecular weight excluding hydrogens is 843 g/mol. The Bertz CT molecular complexity index is 2440. The Morgan fingerprint density at radius 2 is 0.559 bits per heavy atom. The number of nitrogens with zero attached hydrogens (tertiary/aromatic N) is 13. The van der Waals surface area contributed by atoms with Gasteiger partial charge in [0.15, 0.2) is 0 Å². The van der Waals surface area contributed by atoms with E-state index < -0.39 is 0 Å². The van der Waals surface area contributed by atoms with Crippen LogP contribution in [-0.2, 0) is 0 Å². The number of para-hydroxylation sites is 5. The Hall–Kier alpha value is -9.75. The van der Waals surface area contributed by atoms with Crippen LogP contribution in [0, 0.1) is 0 Å². The molecular formula is C55H45N13. The average molecular weight is 888 g/mol. The summed E-state index contributed by atoms with van der Waals surface area (Å²) in [5.41, 5.74) is 5.02. The van der Waals surface area contributed by atoms with E-state index in [-0.39, 0.29) is 0 Å². The van der Waals surface area contributed by atoms with Crippen molar-refractivity contribution >= 4 is 54.5 Å². The molecule has 0 aliphatic heterocycles. The lowest BCUT2D eigenvalue weighted by Gasteiger charge is -1.91. The van der Waals surface area contributed by atoms with Crippen LogP contribution in [0.5, 0.6) is 0 Å². The van der Waals surface area contributed by atoms with Crippen LogP contribution in [0.15, 0.2) is 275 Å². The van der Waals surface area contributed by atoms with Crippen molar-refractivity contribution in [3.05, 3.63) is 275 Å². The summed E-state index contributed by atoms with van der Waals surface area (Å²) in [6.07, 6.45) is 27.2. The van der Waals surface area contributed by atoms with E-state index in [9.17, 15) is 0 Å². The zero-order chi connectivity index (χ0) is 46.8. The summed E-state index contributed by atoms with van der Waals surface area (Å²) in [5, 5.41) is 20.1. The van der Waals surface area contributed by atoms with Crippen LogP contribution < -0.4 is 0 Å². The van der Waals surface area contributed by atoms with Gasteiger partial charge in [0.25, 0.3) is 0 Å². The van der Waals surface area contributed by atoms with Gasteiger partial charge in [-0.2, -0.15) is 20.4 Å². The van der Waals surface area contributed by atoms with E-state index in [1.165, 1.54) is 21.5 Å². The highest BCUT2D eigenvalue weighted by molar-refractivity contribution is 5.81. The smallest absolute Gasteiger partial charge is 0.116 e. The van der Waals surface area contributed by atoms with Crippen LogP contribution in [0.25, 0.3) is 54.5 Å². The van der Waals surface area contributed by atoms with Gasteiger partial charge in [-0.3, -0.25) is 34.9 Å². The van der Waals surface area contributed by atoms with Gasteiger partial charge in [0, 0.05) is 109 Å². The number of rotatable bonds is 0. The fraction of sp³-hybridized carbons (Fsp3) is 0. The van der Waals surface area contributed by atoms with Crippen LogP contribution in [0.1, 0.15) is 0 Å². The van der Waals surface area contributed by atoms with Crippen molar-refractivity contribution in [1.82, 2.24) is 65.3 Å². The predicted molar refractivity (Wildman–Crippen MR) is 270 cm³/mol. The van der Waals surface area contributed by atoms with Crippen molar-refractivity contribution in [3.63, 3.8) is 0 Å². The third kappa shape index (κ3) is 17.8. The van der Waals surface area contributed by atoms with Gasteiger partial charge in [-0.15, -0.1) is 0 Å². The number of pyridine rings is 3. The summed E-state index contributed by atoms with van der Waals surface area (Å²) in [5.74, 6) is 0. The SMILES string of the molecule is c1ccc2cnccc2c1.c1ccc2ncccc2c1.c1ccc2ncccc2c1.c1ccc2nccnc2c1.c1ccc2ncncc2c1.c1ccnnc1.c1ccnnc1.c1cnccn1. The van der Waals surface area contributed by atoms with Crippen molar-refractivity contribution in [2.24, 2.45) is 0 Å². The Kier molecular flexibility index (Phi) is 20.8. The molecule has 0 aliphatic rings. The topological polar surface area (TPSA) is 168 Å². The molecule has 0 fully saturated rings. The highest BCUT2D eigenvalue weighted by atomic mass is 15.1. The van der Waals surface area contributed by atoms with E-state index in [1.807, 2.05) is 171 Å². The fourth-order valence-corrected chi connectivity index (χ4v) is 5.65. The van der Waals surface area contributed by atoms with Gasteiger partial charge >= 0.3 is 0 Å². The van der Waals surface area contributed by atoms with Crippen molar-refractivity contribution in [3.8, 4) is 0 Å². The van der Waals surface area contributed by atoms with Crippen LogP contribution in [-0.4, -0.2) is 65.3 Å². The van der Waals surface area contributed by atoms with Gasteiger partial charge in [0.05, 0.1) is 27.6 Å². The first-order chi connectivity index (χ1) is 33.8. The summed E-state index contributed by atoms with van der Waals surface area (Å²) in [6.45, 7) is 0. The zero-order valence-corrected chi connectivity index (χ0v) is 36.8. The van der Waals surface area contributed by atoms with Gasteiger partial charge < -0.3 is 0 Å². The molecule has 0 amide bonds. The lowest BCUT2D eigenvalue weighted by atomic mass is 10.2. The highest BCUT2D eigenvalue weighted by Gasteiger charge is 1.91. The van der Waals surface area contributed by atoms with Crippen LogP contribution in [0.2, 0.25) is 0 Å². The van der Waals surface area contributed by atoms with Gasteiger partial charge in [-0.05, 0) is 83.6 Å². The molecule has 13 aromatic rings. The number of fused-ring (bicyclic) bond motifs is 5. The minimum atomic E-state index is 0.949.